The highest BCUT2D eigenvalue weighted by Gasteiger charge is 2.14. The third-order valence-electron chi connectivity index (χ3n) is 3.05. The summed E-state index contributed by atoms with van der Waals surface area (Å²) in [6, 6.07) is 7.53. The zero-order valence-corrected chi connectivity index (χ0v) is 14.5. The second kappa shape index (κ2) is 7.84. The Labute approximate surface area is 137 Å². The summed E-state index contributed by atoms with van der Waals surface area (Å²) in [5, 5.41) is 5.74. The Hall–Kier alpha value is -2.01. The summed E-state index contributed by atoms with van der Waals surface area (Å²) < 4.78 is 0. The summed E-state index contributed by atoms with van der Waals surface area (Å²) in [5.74, 6) is 0.352. The van der Waals surface area contributed by atoms with Gasteiger partial charge in [0.05, 0.1) is 0 Å². The number of hydrogen-bond donors (Lipinski definition) is 2. The minimum absolute atomic E-state index is 0.0604. The molecule has 118 valence electrons. The third kappa shape index (κ3) is 5.41. The molecule has 0 unspecified atom stereocenters. The van der Waals surface area contributed by atoms with E-state index in [9.17, 15) is 4.79 Å². The number of benzene rings is 1. The van der Waals surface area contributed by atoms with Crippen LogP contribution < -0.4 is 10.6 Å². The first-order valence-corrected chi connectivity index (χ1v) is 7.51. The van der Waals surface area contributed by atoms with Crippen molar-refractivity contribution in [2.45, 2.75) is 33.1 Å². The summed E-state index contributed by atoms with van der Waals surface area (Å²) in [6.45, 7) is 8.28. The average molecular weight is 317 g/mol. The molecule has 22 heavy (non-hydrogen) atoms. The number of nitrogens with one attached hydrogen (secondary N) is 2. The number of aliphatic imine (C=N–C) groups is 1. The summed E-state index contributed by atoms with van der Waals surface area (Å²) >= 11 is 5.11. The van der Waals surface area contributed by atoms with Gasteiger partial charge < -0.3 is 5.32 Å². The highest BCUT2D eigenvalue weighted by atomic mass is 32.1. The molecule has 0 aliphatic carbocycles. The lowest BCUT2D eigenvalue weighted by atomic mass is 9.87. The van der Waals surface area contributed by atoms with Crippen LogP contribution in [0, 0.1) is 0 Å². The molecular formula is C17H23N3OS. The molecule has 0 spiro atoms. The van der Waals surface area contributed by atoms with Crippen LogP contribution >= 0.6 is 12.2 Å². The molecule has 0 aliphatic heterocycles. The van der Waals surface area contributed by atoms with Crippen molar-refractivity contribution in [1.82, 2.24) is 10.6 Å². The number of nitrogens with zero attached hydrogens (tertiary/aromatic N) is 1. The molecular weight excluding hydrogens is 294 g/mol. The monoisotopic (exact) mass is 317 g/mol. The van der Waals surface area contributed by atoms with Crippen LogP contribution in [0.4, 0.5) is 0 Å². The molecule has 0 heterocycles. The predicted octanol–water partition coefficient (Wildman–Crippen LogP) is 3.19. The minimum atomic E-state index is -0.242. The van der Waals surface area contributed by atoms with Gasteiger partial charge in [-0.1, -0.05) is 39.0 Å². The van der Waals surface area contributed by atoms with Crippen LogP contribution in [0.15, 0.2) is 41.4 Å². The first-order chi connectivity index (χ1) is 10.3. The molecule has 0 fully saturated rings. The predicted molar refractivity (Wildman–Crippen MR) is 96.5 cm³/mol. The molecule has 0 saturated carbocycles. The van der Waals surface area contributed by atoms with Gasteiger partial charge in [-0.2, -0.15) is 0 Å². The summed E-state index contributed by atoms with van der Waals surface area (Å²) in [6.07, 6.45) is 3.61. The van der Waals surface area contributed by atoms with Crippen molar-refractivity contribution in [3.63, 3.8) is 0 Å². The van der Waals surface area contributed by atoms with E-state index in [-0.39, 0.29) is 16.4 Å². The van der Waals surface area contributed by atoms with E-state index in [1.54, 1.807) is 25.3 Å². The van der Waals surface area contributed by atoms with Crippen LogP contribution in [0.25, 0.3) is 0 Å². The van der Waals surface area contributed by atoms with Crippen molar-refractivity contribution in [3.8, 4) is 0 Å². The van der Waals surface area contributed by atoms with Crippen molar-refractivity contribution in [2.75, 3.05) is 7.05 Å². The zero-order valence-electron chi connectivity index (χ0n) is 13.7. The molecule has 1 amide bonds. The van der Waals surface area contributed by atoms with Gasteiger partial charge in [-0.25, -0.2) is 0 Å². The van der Waals surface area contributed by atoms with Gasteiger partial charge in [-0.05, 0) is 48.3 Å². The summed E-state index contributed by atoms with van der Waals surface area (Å²) in [5.41, 5.74) is 1.81. The molecule has 0 radical (unpaired) electrons. The molecule has 0 saturated heterocycles. The van der Waals surface area contributed by atoms with Crippen LogP contribution in [-0.2, 0) is 5.41 Å². The van der Waals surface area contributed by atoms with E-state index < -0.39 is 0 Å². The number of amidine groups is 1. The molecule has 5 heteroatoms. The SMILES string of the molecule is C/C=C\C(=N/C)NC(=S)NC(=O)c1ccc(C(C)(C)C)cc1. The molecule has 0 aromatic heterocycles. The van der Waals surface area contributed by atoms with Crippen LogP contribution in [0.5, 0.6) is 0 Å². The molecule has 1 rings (SSSR count). The number of amides is 1. The van der Waals surface area contributed by atoms with Crippen molar-refractivity contribution in [2.24, 2.45) is 4.99 Å². The van der Waals surface area contributed by atoms with E-state index >= 15 is 0 Å². The Morgan fingerprint density at radius 2 is 1.77 bits per heavy atom. The fourth-order valence-corrected chi connectivity index (χ4v) is 1.97. The van der Waals surface area contributed by atoms with Gasteiger partial charge in [0.2, 0.25) is 0 Å². The van der Waals surface area contributed by atoms with Crippen molar-refractivity contribution >= 4 is 29.1 Å². The Bertz CT molecular complexity index is 595. The van der Waals surface area contributed by atoms with Crippen LogP contribution in [0.1, 0.15) is 43.6 Å². The van der Waals surface area contributed by atoms with Crippen molar-refractivity contribution in [1.29, 1.82) is 0 Å². The van der Waals surface area contributed by atoms with Gasteiger partial charge in [-0.15, -0.1) is 0 Å². The highest BCUT2D eigenvalue weighted by Crippen LogP contribution is 2.22. The van der Waals surface area contributed by atoms with E-state index in [4.69, 9.17) is 12.2 Å². The maximum atomic E-state index is 12.1. The van der Waals surface area contributed by atoms with Crippen LogP contribution in [0.2, 0.25) is 0 Å². The summed E-state index contributed by atoms with van der Waals surface area (Å²) in [4.78, 5) is 16.2. The maximum Gasteiger partial charge on any atom is 0.257 e. The van der Waals surface area contributed by atoms with Gasteiger partial charge in [0.25, 0.3) is 5.91 Å². The van der Waals surface area contributed by atoms with Crippen molar-refractivity contribution < 1.29 is 4.79 Å². The Kier molecular flexibility index (Phi) is 6.43. The van der Waals surface area contributed by atoms with Crippen LogP contribution in [-0.4, -0.2) is 23.9 Å². The molecule has 1 aromatic rings. The molecule has 1 aromatic carbocycles. The topological polar surface area (TPSA) is 53.5 Å². The smallest absolute Gasteiger partial charge is 0.257 e. The molecule has 2 N–H and O–H groups in total. The van der Waals surface area contributed by atoms with Gasteiger partial charge in [0.15, 0.2) is 5.11 Å². The van der Waals surface area contributed by atoms with Crippen LogP contribution in [0.3, 0.4) is 0 Å². The van der Waals surface area contributed by atoms with E-state index in [2.05, 4.69) is 36.4 Å². The van der Waals surface area contributed by atoms with Gasteiger partial charge in [0, 0.05) is 12.6 Å². The third-order valence-corrected chi connectivity index (χ3v) is 3.25. The maximum absolute atomic E-state index is 12.1. The molecule has 4 nitrogen and oxygen atoms in total. The largest absolute Gasteiger partial charge is 0.317 e. The number of carbonyl (C=O) groups excluding carboxylic acids is 1. The van der Waals surface area contributed by atoms with E-state index in [0.29, 0.717) is 11.4 Å². The fraction of sp³-hybridized carbons (Fsp3) is 0.353. The van der Waals surface area contributed by atoms with Crippen molar-refractivity contribution in [3.05, 3.63) is 47.5 Å². The standard InChI is InChI=1S/C17H23N3OS/c1-6-7-14(18-5)19-16(22)20-15(21)12-8-10-13(11-9-12)17(2,3)4/h6-11H,1-5H3,(H2,18,19,20,21,22)/b7-6-. The lowest BCUT2D eigenvalue weighted by molar-refractivity contribution is 0.0977. The number of rotatable bonds is 2. The van der Waals surface area contributed by atoms with Gasteiger partial charge >= 0.3 is 0 Å². The van der Waals surface area contributed by atoms with E-state index in [1.165, 1.54) is 5.56 Å². The highest BCUT2D eigenvalue weighted by molar-refractivity contribution is 7.80. The molecule has 0 atom stereocenters. The Morgan fingerprint density at radius 3 is 2.23 bits per heavy atom. The number of thiocarbonyl (C=S) groups is 1. The zero-order chi connectivity index (χ0) is 16.8. The average Bonchev–Trinajstić information content (AvgIpc) is 2.45. The first kappa shape index (κ1) is 18.0. The quantitative estimate of drug-likeness (QED) is 0.500. The normalized spacial score (nSPS) is 12.3. The first-order valence-electron chi connectivity index (χ1n) is 7.10. The second-order valence-corrected chi connectivity index (χ2v) is 6.25. The van der Waals surface area contributed by atoms with E-state index in [1.807, 2.05) is 25.1 Å². The van der Waals surface area contributed by atoms with Gasteiger partial charge in [-0.3, -0.25) is 15.1 Å². The van der Waals surface area contributed by atoms with E-state index in [0.717, 1.165) is 0 Å². The minimum Gasteiger partial charge on any atom is -0.317 e. The Morgan fingerprint density at radius 1 is 1.18 bits per heavy atom. The number of allylic oxidation sites excluding steroid dienone is 1. The fourth-order valence-electron chi connectivity index (χ4n) is 1.77. The molecule has 0 bridgehead atoms. The number of hydrogen-bond acceptors (Lipinski definition) is 3. The Balaban J connectivity index is 2.71. The lowest BCUT2D eigenvalue weighted by Gasteiger charge is -2.19. The second-order valence-electron chi connectivity index (χ2n) is 5.84. The molecule has 0 aliphatic rings. The lowest BCUT2D eigenvalue weighted by Crippen LogP contribution is -2.41. The van der Waals surface area contributed by atoms with Gasteiger partial charge in [0.1, 0.15) is 5.84 Å². The number of carbonyl (C=O) groups is 1. The summed E-state index contributed by atoms with van der Waals surface area (Å²) in [7, 11) is 1.65.